The second-order valence-corrected chi connectivity index (χ2v) is 8.73. The molecular formula is C25H19F2NO5S. The summed E-state index contributed by atoms with van der Waals surface area (Å²) >= 11 is 1.14. The Bertz CT molecular complexity index is 1220. The summed E-state index contributed by atoms with van der Waals surface area (Å²) in [5.41, 5.74) is 0.581. The van der Waals surface area contributed by atoms with Gasteiger partial charge in [-0.25, -0.2) is 13.6 Å². The molecule has 174 valence electrons. The fourth-order valence-electron chi connectivity index (χ4n) is 3.81. The van der Waals surface area contributed by atoms with Crippen LogP contribution >= 0.6 is 11.8 Å². The summed E-state index contributed by atoms with van der Waals surface area (Å²) in [6, 6.07) is 17.4. The van der Waals surface area contributed by atoms with Gasteiger partial charge in [0, 0.05) is 5.56 Å². The van der Waals surface area contributed by atoms with Gasteiger partial charge in [0.25, 0.3) is 0 Å². The number of benzene rings is 3. The third kappa shape index (κ3) is 4.65. The van der Waals surface area contributed by atoms with E-state index in [1.54, 1.807) is 36.4 Å². The second kappa shape index (κ2) is 9.64. The number of Topliss-reactive ketones (excluding diaryl/α,β-unsaturated/α-hetero) is 1. The van der Waals surface area contributed by atoms with Gasteiger partial charge in [-0.15, -0.1) is 11.8 Å². The molecule has 4 rings (SSSR count). The zero-order valence-electron chi connectivity index (χ0n) is 17.7. The maximum Gasteiger partial charge on any atom is 0.341 e. The first-order chi connectivity index (χ1) is 16.3. The molecule has 3 aromatic rings. The quantitative estimate of drug-likeness (QED) is 0.356. The normalized spacial score (nSPS) is 19.1. The van der Waals surface area contributed by atoms with E-state index in [2.05, 4.69) is 5.32 Å². The minimum atomic E-state index is -1.11. The van der Waals surface area contributed by atoms with Crippen LogP contribution in [0.25, 0.3) is 0 Å². The lowest BCUT2D eigenvalue weighted by molar-refractivity contribution is -0.139. The molecule has 0 radical (unpaired) electrons. The topological polar surface area (TPSA) is 92.7 Å². The van der Waals surface area contributed by atoms with E-state index >= 15 is 0 Å². The van der Waals surface area contributed by atoms with Crippen LogP contribution in [-0.2, 0) is 15.1 Å². The summed E-state index contributed by atoms with van der Waals surface area (Å²) in [6.07, 6.45) is 0. The number of carbonyl (C=O) groups excluding carboxylic acids is 2. The number of carboxylic acids is 1. The van der Waals surface area contributed by atoms with Gasteiger partial charge in [0.05, 0.1) is 5.75 Å². The number of ketones is 1. The number of carboxylic acid groups (broad SMARTS) is 1. The Balaban J connectivity index is 1.62. The Morgan fingerprint density at radius 3 is 1.97 bits per heavy atom. The monoisotopic (exact) mass is 483 g/mol. The van der Waals surface area contributed by atoms with Crippen LogP contribution in [0, 0.1) is 11.6 Å². The average molecular weight is 483 g/mol. The molecule has 2 atom stereocenters. The number of carbonyl (C=O) groups is 3. The Morgan fingerprint density at radius 2 is 1.44 bits per heavy atom. The SMILES string of the molecule is O=C(O)COc1ccc([C@]2(c3ccc(F)cc3)NC(=O)[C@@H]2SCC(=O)c2ccc(F)cc2)cc1. The summed E-state index contributed by atoms with van der Waals surface area (Å²) in [5, 5.41) is 11.0. The predicted molar refractivity (Wildman–Crippen MR) is 122 cm³/mol. The Morgan fingerprint density at radius 1 is 0.912 bits per heavy atom. The number of ether oxygens (including phenoxy) is 1. The maximum atomic E-state index is 13.6. The lowest BCUT2D eigenvalue weighted by Gasteiger charge is -2.49. The van der Waals surface area contributed by atoms with Gasteiger partial charge in [-0.2, -0.15) is 0 Å². The summed E-state index contributed by atoms with van der Waals surface area (Å²) in [6.45, 7) is -0.497. The van der Waals surface area contributed by atoms with Crippen molar-refractivity contribution in [3.63, 3.8) is 0 Å². The summed E-state index contributed by atoms with van der Waals surface area (Å²) < 4.78 is 32.0. The van der Waals surface area contributed by atoms with E-state index in [-0.39, 0.29) is 17.4 Å². The second-order valence-electron chi connectivity index (χ2n) is 7.63. The number of aliphatic carboxylic acids is 1. The minimum Gasteiger partial charge on any atom is -0.482 e. The Kier molecular flexibility index (Phi) is 6.65. The van der Waals surface area contributed by atoms with Gasteiger partial charge in [0.15, 0.2) is 12.4 Å². The highest BCUT2D eigenvalue weighted by Gasteiger charge is 2.56. The maximum absolute atomic E-state index is 13.6. The van der Waals surface area contributed by atoms with E-state index in [0.29, 0.717) is 22.4 Å². The number of amides is 1. The first kappa shape index (κ1) is 23.4. The zero-order valence-corrected chi connectivity index (χ0v) is 18.5. The summed E-state index contributed by atoms with van der Waals surface area (Å²) in [5.74, 6) is -2.22. The van der Waals surface area contributed by atoms with E-state index in [1.807, 2.05) is 0 Å². The number of thioether (sulfide) groups is 1. The van der Waals surface area contributed by atoms with Crippen LogP contribution in [0.2, 0.25) is 0 Å². The van der Waals surface area contributed by atoms with E-state index in [1.165, 1.54) is 36.4 Å². The third-order valence-electron chi connectivity index (χ3n) is 5.47. The van der Waals surface area contributed by atoms with Crippen LogP contribution in [0.5, 0.6) is 5.75 Å². The van der Waals surface area contributed by atoms with E-state index in [0.717, 1.165) is 11.8 Å². The molecule has 0 saturated carbocycles. The molecule has 0 aromatic heterocycles. The molecule has 0 spiro atoms. The van der Waals surface area contributed by atoms with Gasteiger partial charge in [0.2, 0.25) is 5.91 Å². The third-order valence-corrected chi connectivity index (χ3v) is 6.80. The Labute approximate surface area is 197 Å². The molecular weight excluding hydrogens is 464 g/mol. The molecule has 2 N–H and O–H groups in total. The van der Waals surface area contributed by atoms with Crippen molar-refractivity contribution in [1.82, 2.24) is 5.32 Å². The molecule has 1 amide bonds. The molecule has 0 aliphatic carbocycles. The molecule has 1 aliphatic rings. The highest BCUT2D eigenvalue weighted by molar-refractivity contribution is 8.01. The number of β-lactam (4-membered cyclic amide) rings is 1. The average Bonchev–Trinajstić information content (AvgIpc) is 2.82. The molecule has 0 unspecified atom stereocenters. The largest absolute Gasteiger partial charge is 0.482 e. The van der Waals surface area contributed by atoms with E-state index in [9.17, 15) is 23.2 Å². The molecule has 1 aliphatic heterocycles. The van der Waals surface area contributed by atoms with Gasteiger partial charge < -0.3 is 15.2 Å². The van der Waals surface area contributed by atoms with Crippen LogP contribution in [0.4, 0.5) is 8.78 Å². The van der Waals surface area contributed by atoms with Crippen molar-refractivity contribution in [2.45, 2.75) is 10.8 Å². The summed E-state index contributed by atoms with van der Waals surface area (Å²) in [4.78, 5) is 36.0. The Hall–Kier alpha value is -3.72. The molecule has 34 heavy (non-hydrogen) atoms. The molecule has 6 nitrogen and oxygen atoms in total. The molecule has 1 heterocycles. The first-order valence-corrected chi connectivity index (χ1v) is 11.3. The van der Waals surface area contributed by atoms with Crippen molar-refractivity contribution in [2.24, 2.45) is 0 Å². The molecule has 9 heteroatoms. The lowest BCUT2D eigenvalue weighted by Crippen LogP contribution is -2.69. The van der Waals surface area contributed by atoms with Crippen molar-refractivity contribution < 1.29 is 33.0 Å². The van der Waals surface area contributed by atoms with Crippen LogP contribution < -0.4 is 10.1 Å². The van der Waals surface area contributed by atoms with Crippen molar-refractivity contribution in [3.8, 4) is 5.75 Å². The van der Waals surface area contributed by atoms with Crippen LogP contribution in [-0.4, -0.2) is 40.4 Å². The highest BCUT2D eigenvalue weighted by Crippen LogP contribution is 2.45. The van der Waals surface area contributed by atoms with E-state index in [4.69, 9.17) is 9.84 Å². The van der Waals surface area contributed by atoms with Crippen LogP contribution in [0.3, 0.4) is 0 Å². The highest BCUT2D eigenvalue weighted by atomic mass is 32.2. The van der Waals surface area contributed by atoms with Crippen molar-refractivity contribution in [3.05, 3.63) is 101 Å². The number of halogens is 2. The van der Waals surface area contributed by atoms with Gasteiger partial charge in [-0.05, 0) is 59.7 Å². The fourth-order valence-corrected chi connectivity index (χ4v) is 5.08. The van der Waals surface area contributed by atoms with Gasteiger partial charge in [-0.1, -0.05) is 24.3 Å². The molecule has 0 bridgehead atoms. The fraction of sp³-hybridized carbons (Fsp3) is 0.160. The zero-order chi connectivity index (χ0) is 24.3. The van der Waals surface area contributed by atoms with Gasteiger partial charge in [0.1, 0.15) is 28.2 Å². The number of rotatable bonds is 9. The van der Waals surface area contributed by atoms with Crippen molar-refractivity contribution in [1.29, 1.82) is 0 Å². The molecule has 1 fully saturated rings. The van der Waals surface area contributed by atoms with Crippen LogP contribution in [0.1, 0.15) is 21.5 Å². The number of nitrogens with one attached hydrogen (secondary N) is 1. The smallest absolute Gasteiger partial charge is 0.341 e. The van der Waals surface area contributed by atoms with Gasteiger partial charge in [-0.3, -0.25) is 9.59 Å². The van der Waals surface area contributed by atoms with Crippen LogP contribution in [0.15, 0.2) is 72.8 Å². The predicted octanol–water partition coefficient (Wildman–Crippen LogP) is 3.79. The summed E-state index contributed by atoms with van der Waals surface area (Å²) in [7, 11) is 0. The molecule has 3 aromatic carbocycles. The van der Waals surface area contributed by atoms with E-state index < -0.39 is 35.0 Å². The number of hydrogen-bond donors (Lipinski definition) is 2. The van der Waals surface area contributed by atoms with Gasteiger partial charge >= 0.3 is 5.97 Å². The lowest BCUT2D eigenvalue weighted by atomic mass is 9.74. The van der Waals surface area contributed by atoms with Crippen molar-refractivity contribution >= 4 is 29.4 Å². The minimum absolute atomic E-state index is 0.0214. The first-order valence-electron chi connectivity index (χ1n) is 10.2. The van der Waals surface area contributed by atoms with Crippen molar-refractivity contribution in [2.75, 3.05) is 12.4 Å². The standard InChI is InChI=1S/C25H19F2NO5S/c26-18-7-1-15(2-8-18)21(29)14-34-23-24(32)28-25(23,16-3-9-19(27)10-4-16)17-5-11-20(12-6-17)33-13-22(30)31/h1-12,23H,13-14H2,(H,28,32)(H,30,31)/t23-,25-/m0/s1. The molecule has 1 saturated heterocycles. The number of hydrogen-bond acceptors (Lipinski definition) is 5.